The van der Waals surface area contributed by atoms with Gasteiger partial charge in [0, 0.05) is 31.5 Å². The standard InChI is InChI=1S/C17H21ClN4O2/c1-11(2)24-16-14(18)7-12(8-19-16)17(23)22-6-4-5-15(22)13-9-20-21(3)10-13/h7-11,15H,4-6H2,1-3H3/t15-/m0/s1. The lowest BCUT2D eigenvalue weighted by molar-refractivity contribution is 0.0735. The monoisotopic (exact) mass is 348 g/mol. The van der Waals surface area contributed by atoms with Gasteiger partial charge in [-0.1, -0.05) is 11.6 Å². The minimum atomic E-state index is -0.0631. The van der Waals surface area contributed by atoms with Crippen molar-refractivity contribution in [2.75, 3.05) is 6.54 Å². The maximum atomic E-state index is 12.9. The highest BCUT2D eigenvalue weighted by atomic mass is 35.5. The smallest absolute Gasteiger partial charge is 0.255 e. The van der Waals surface area contributed by atoms with Gasteiger partial charge in [-0.25, -0.2) is 4.98 Å². The number of hydrogen-bond donors (Lipinski definition) is 0. The second kappa shape index (κ2) is 6.81. The van der Waals surface area contributed by atoms with E-state index in [2.05, 4.69) is 10.1 Å². The lowest BCUT2D eigenvalue weighted by atomic mass is 10.1. The molecule has 0 aliphatic carbocycles. The Morgan fingerprint density at radius 2 is 2.21 bits per heavy atom. The lowest BCUT2D eigenvalue weighted by Crippen LogP contribution is -2.30. The zero-order valence-electron chi connectivity index (χ0n) is 14.1. The highest BCUT2D eigenvalue weighted by Crippen LogP contribution is 2.33. The Balaban J connectivity index is 1.81. The Bertz CT molecular complexity index is 744. The predicted octanol–water partition coefficient (Wildman–Crippen LogP) is 3.23. The molecule has 6 nitrogen and oxygen atoms in total. The number of aromatic nitrogens is 3. The second-order valence-corrected chi connectivity index (χ2v) is 6.69. The van der Waals surface area contributed by atoms with E-state index in [0.717, 1.165) is 24.9 Å². The fraction of sp³-hybridized carbons (Fsp3) is 0.471. The number of ether oxygens (including phenoxy) is 1. The van der Waals surface area contributed by atoms with Crippen LogP contribution >= 0.6 is 11.6 Å². The minimum absolute atomic E-state index is 0.0231. The van der Waals surface area contributed by atoms with Crippen molar-refractivity contribution in [2.24, 2.45) is 7.05 Å². The first-order valence-electron chi connectivity index (χ1n) is 8.07. The topological polar surface area (TPSA) is 60.2 Å². The van der Waals surface area contributed by atoms with Gasteiger partial charge < -0.3 is 9.64 Å². The summed E-state index contributed by atoms with van der Waals surface area (Å²) in [7, 11) is 1.88. The average molecular weight is 349 g/mol. The van der Waals surface area contributed by atoms with Gasteiger partial charge in [-0.05, 0) is 32.8 Å². The van der Waals surface area contributed by atoms with Crippen molar-refractivity contribution in [3.05, 3.63) is 40.8 Å². The third-order valence-electron chi connectivity index (χ3n) is 4.02. The molecular weight excluding hydrogens is 328 g/mol. The summed E-state index contributed by atoms with van der Waals surface area (Å²) in [6.45, 7) is 4.53. The number of amides is 1. The molecule has 0 N–H and O–H groups in total. The van der Waals surface area contributed by atoms with Crippen molar-refractivity contribution in [3.8, 4) is 5.88 Å². The van der Waals surface area contributed by atoms with Crippen molar-refractivity contribution >= 4 is 17.5 Å². The van der Waals surface area contributed by atoms with E-state index in [1.54, 1.807) is 10.7 Å². The van der Waals surface area contributed by atoms with Crippen molar-refractivity contribution < 1.29 is 9.53 Å². The molecule has 1 saturated heterocycles. The summed E-state index contributed by atoms with van der Waals surface area (Å²) in [6, 6.07) is 1.68. The average Bonchev–Trinajstić information content (AvgIpc) is 3.16. The first kappa shape index (κ1) is 16.8. The fourth-order valence-corrected chi connectivity index (χ4v) is 3.20. The van der Waals surface area contributed by atoms with Crippen LogP contribution in [-0.2, 0) is 7.05 Å². The second-order valence-electron chi connectivity index (χ2n) is 6.28. The predicted molar refractivity (Wildman–Crippen MR) is 91.2 cm³/mol. The number of hydrogen-bond acceptors (Lipinski definition) is 4. The molecule has 2 aromatic rings. The number of pyridine rings is 1. The van der Waals surface area contributed by atoms with Gasteiger partial charge in [-0.15, -0.1) is 0 Å². The summed E-state index contributed by atoms with van der Waals surface area (Å²) < 4.78 is 7.28. The van der Waals surface area contributed by atoms with Crippen LogP contribution in [0.25, 0.3) is 0 Å². The summed E-state index contributed by atoms with van der Waals surface area (Å²) in [4.78, 5) is 18.9. The van der Waals surface area contributed by atoms with E-state index < -0.39 is 0 Å². The summed E-state index contributed by atoms with van der Waals surface area (Å²) >= 11 is 6.21. The van der Waals surface area contributed by atoms with Gasteiger partial charge in [0.2, 0.25) is 5.88 Å². The highest BCUT2D eigenvalue weighted by Gasteiger charge is 2.31. The van der Waals surface area contributed by atoms with E-state index in [0.29, 0.717) is 16.5 Å². The molecule has 128 valence electrons. The van der Waals surface area contributed by atoms with Crippen LogP contribution in [0.15, 0.2) is 24.7 Å². The van der Waals surface area contributed by atoms with Gasteiger partial charge in [0.25, 0.3) is 5.91 Å². The van der Waals surface area contributed by atoms with Crippen LogP contribution < -0.4 is 4.74 Å². The Kier molecular flexibility index (Phi) is 4.76. The number of nitrogens with zero attached hydrogens (tertiary/aromatic N) is 4. The van der Waals surface area contributed by atoms with E-state index in [1.165, 1.54) is 6.20 Å². The molecule has 24 heavy (non-hydrogen) atoms. The molecule has 2 aromatic heterocycles. The van der Waals surface area contributed by atoms with E-state index in [-0.39, 0.29) is 18.1 Å². The maximum Gasteiger partial charge on any atom is 0.255 e. The Labute approximate surface area is 146 Å². The molecule has 1 aliphatic heterocycles. The Morgan fingerprint density at radius 3 is 2.83 bits per heavy atom. The van der Waals surface area contributed by atoms with E-state index >= 15 is 0 Å². The molecule has 0 aromatic carbocycles. The third-order valence-corrected chi connectivity index (χ3v) is 4.30. The molecule has 0 unspecified atom stereocenters. The van der Waals surface area contributed by atoms with Gasteiger partial charge in [0.1, 0.15) is 5.02 Å². The molecule has 0 bridgehead atoms. The quantitative estimate of drug-likeness (QED) is 0.851. The van der Waals surface area contributed by atoms with Crippen molar-refractivity contribution in [2.45, 2.75) is 38.8 Å². The van der Waals surface area contributed by atoms with Crippen molar-refractivity contribution in [1.29, 1.82) is 0 Å². The van der Waals surface area contributed by atoms with Crippen molar-refractivity contribution in [1.82, 2.24) is 19.7 Å². The normalized spacial score (nSPS) is 17.5. The molecule has 3 rings (SSSR count). The van der Waals surface area contributed by atoms with E-state index in [4.69, 9.17) is 16.3 Å². The molecule has 3 heterocycles. The number of carbonyl (C=O) groups excluding carboxylic acids is 1. The molecular formula is C17H21ClN4O2. The minimum Gasteiger partial charge on any atom is -0.474 e. The fourth-order valence-electron chi connectivity index (χ4n) is 2.99. The zero-order valence-corrected chi connectivity index (χ0v) is 14.8. The summed E-state index contributed by atoms with van der Waals surface area (Å²) in [5.74, 6) is 0.292. The number of likely N-dealkylation sites (tertiary alicyclic amines) is 1. The SMILES string of the molecule is CC(C)Oc1ncc(C(=O)N2CCC[C@H]2c2cnn(C)c2)cc1Cl. The first-order valence-corrected chi connectivity index (χ1v) is 8.45. The molecule has 1 fully saturated rings. The molecule has 0 radical (unpaired) electrons. The van der Waals surface area contributed by atoms with Gasteiger partial charge in [-0.2, -0.15) is 5.10 Å². The van der Waals surface area contributed by atoms with Crippen LogP contribution in [0.5, 0.6) is 5.88 Å². The van der Waals surface area contributed by atoms with Gasteiger partial charge >= 0.3 is 0 Å². The number of rotatable bonds is 4. The summed E-state index contributed by atoms with van der Waals surface area (Å²) in [6.07, 6.45) is 7.20. The molecule has 1 atom stereocenters. The Hall–Kier alpha value is -2.08. The highest BCUT2D eigenvalue weighted by molar-refractivity contribution is 6.32. The van der Waals surface area contributed by atoms with Crippen LogP contribution in [-0.4, -0.2) is 38.2 Å². The number of carbonyl (C=O) groups is 1. The van der Waals surface area contributed by atoms with E-state index in [1.807, 2.05) is 38.2 Å². The molecule has 7 heteroatoms. The zero-order chi connectivity index (χ0) is 17.3. The molecule has 0 saturated carbocycles. The molecule has 1 aliphatic rings. The van der Waals surface area contributed by atoms with Crippen LogP contribution in [0.4, 0.5) is 0 Å². The molecule has 0 spiro atoms. The number of halogens is 1. The van der Waals surface area contributed by atoms with Crippen LogP contribution in [0, 0.1) is 0 Å². The summed E-state index contributed by atoms with van der Waals surface area (Å²) in [5.41, 5.74) is 1.54. The van der Waals surface area contributed by atoms with Gasteiger partial charge in [-0.3, -0.25) is 9.48 Å². The lowest BCUT2D eigenvalue weighted by Gasteiger charge is -2.24. The van der Waals surface area contributed by atoms with Crippen LogP contribution in [0.1, 0.15) is 48.7 Å². The molecule has 1 amide bonds. The van der Waals surface area contributed by atoms with Crippen LogP contribution in [0.3, 0.4) is 0 Å². The van der Waals surface area contributed by atoms with Crippen molar-refractivity contribution in [3.63, 3.8) is 0 Å². The van der Waals surface area contributed by atoms with Crippen LogP contribution in [0.2, 0.25) is 5.02 Å². The first-order chi connectivity index (χ1) is 11.5. The maximum absolute atomic E-state index is 12.9. The Morgan fingerprint density at radius 1 is 1.42 bits per heavy atom. The largest absolute Gasteiger partial charge is 0.474 e. The van der Waals surface area contributed by atoms with Gasteiger partial charge in [0.05, 0.1) is 23.9 Å². The number of aryl methyl sites for hydroxylation is 1. The summed E-state index contributed by atoms with van der Waals surface area (Å²) in [5, 5.41) is 4.56. The van der Waals surface area contributed by atoms with Gasteiger partial charge in [0.15, 0.2) is 0 Å². The van der Waals surface area contributed by atoms with E-state index in [9.17, 15) is 4.79 Å². The third kappa shape index (κ3) is 3.38.